The maximum Gasteiger partial charge on any atom is 0.104 e. The van der Waals surface area contributed by atoms with Gasteiger partial charge in [0.1, 0.15) is 12.2 Å². The quantitative estimate of drug-likeness (QED) is 0.256. The predicted octanol–water partition coefficient (Wildman–Crippen LogP) is 4.50. The van der Waals surface area contributed by atoms with Crippen LogP contribution in [0.4, 0.5) is 0 Å². The Balaban J connectivity index is 1.15. The van der Waals surface area contributed by atoms with E-state index in [0.717, 1.165) is 39.6 Å². The third-order valence-corrected chi connectivity index (χ3v) is 4.74. The van der Waals surface area contributed by atoms with Crippen LogP contribution in [0.25, 0.3) is 0 Å². The van der Waals surface area contributed by atoms with Crippen molar-refractivity contribution in [3.63, 3.8) is 0 Å². The molecule has 2 heterocycles. The van der Waals surface area contributed by atoms with Crippen LogP contribution in [0.5, 0.6) is 0 Å². The third kappa shape index (κ3) is 13.2. The molecule has 2 unspecified atom stereocenters. The summed E-state index contributed by atoms with van der Waals surface area (Å²) in [6.07, 6.45) is 17.1. The van der Waals surface area contributed by atoms with Crippen molar-refractivity contribution in [1.29, 1.82) is 0 Å². The van der Waals surface area contributed by atoms with Crippen LogP contribution in [0.1, 0.15) is 77.0 Å². The van der Waals surface area contributed by atoms with Gasteiger partial charge in [-0.25, -0.2) is 0 Å². The standard InChI is InChI=1S/C20H38O4/c1(3-5-7-9-11-13-21-15-19-17-23-19)2-4-6-8-10-12-14-22-16-20-18-24-20/h19-20H,1-18H2. The van der Waals surface area contributed by atoms with E-state index >= 15 is 0 Å². The summed E-state index contributed by atoms with van der Waals surface area (Å²) in [5.74, 6) is 0. The summed E-state index contributed by atoms with van der Waals surface area (Å²) >= 11 is 0. The first kappa shape index (κ1) is 20.2. The molecule has 0 N–H and O–H groups in total. The highest BCUT2D eigenvalue weighted by molar-refractivity contribution is 4.67. The molecule has 2 fully saturated rings. The van der Waals surface area contributed by atoms with Crippen molar-refractivity contribution in [2.75, 3.05) is 39.6 Å². The van der Waals surface area contributed by atoms with E-state index in [4.69, 9.17) is 18.9 Å². The van der Waals surface area contributed by atoms with Crippen molar-refractivity contribution in [1.82, 2.24) is 0 Å². The lowest BCUT2D eigenvalue weighted by Gasteiger charge is -2.04. The minimum Gasteiger partial charge on any atom is -0.379 e. The molecule has 2 rings (SSSR count). The van der Waals surface area contributed by atoms with Gasteiger partial charge in [0.05, 0.1) is 26.4 Å². The van der Waals surface area contributed by atoms with E-state index in [1.807, 2.05) is 0 Å². The molecule has 0 saturated carbocycles. The highest BCUT2D eigenvalue weighted by atomic mass is 16.6. The number of rotatable bonds is 19. The minimum atomic E-state index is 0.417. The molecule has 0 aromatic rings. The molecule has 0 aliphatic carbocycles. The van der Waals surface area contributed by atoms with Gasteiger partial charge in [-0.05, 0) is 12.8 Å². The third-order valence-electron chi connectivity index (χ3n) is 4.74. The molecule has 142 valence electrons. The molecule has 2 aliphatic rings. The van der Waals surface area contributed by atoms with Gasteiger partial charge < -0.3 is 18.9 Å². The molecule has 0 bridgehead atoms. The number of hydrogen-bond acceptors (Lipinski definition) is 4. The van der Waals surface area contributed by atoms with E-state index in [1.54, 1.807) is 0 Å². The van der Waals surface area contributed by atoms with Gasteiger partial charge in [0.2, 0.25) is 0 Å². The molecule has 2 aliphatic heterocycles. The lowest BCUT2D eigenvalue weighted by atomic mass is 10.1. The Hall–Kier alpha value is -0.160. The maximum atomic E-state index is 5.55. The molecular formula is C20H38O4. The topological polar surface area (TPSA) is 43.5 Å². The summed E-state index contributed by atoms with van der Waals surface area (Å²) in [5, 5.41) is 0. The smallest absolute Gasteiger partial charge is 0.104 e. The maximum absolute atomic E-state index is 5.55. The molecule has 2 saturated heterocycles. The van der Waals surface area contributed by atoms with Gasteiger partial charge in [-0.1, -0.05) is 64.2 Å². The Bertz CT molecular complexity index is 249. The van der Waals surface area contributed by atoms with Crippen LogP contribution in [-0.2, 0) is 18.9 Å². The normalized spacial score (nSPS) is 22.0. The first-order valence-corrected chi connectivity index (χ1v) is 10.3. The summed E-state index contributed by atoms with van der Waals surface area (Å²) in [4.78, 5) is 0. The SMILES string of the molecule is C(CCCCCCCOCC1CO1)CCCCCCOCC1CO1. The van der Waals surface area contributed by atoms with Gasteiger partial charge in [-0.15, -0.1) is 0 Å². The number of hydrogen-bond donors (Lipinski definition) is 0. The van der Waals surface area contributed by atoms with Crippen molar-refractivity contribution < 1.29 is 18.9 Å². The van der Waals surface area contributed by atoms with E-state index in [1.165, 1.54) is 77.0 Å². The minimum absolute atomic E-state index is 0.417. The van der Waals surface area contributed by atoms with Crippen molar-refractivity contribution in [3.8, 4) is 0 Å². The second kappa shape index (κ2) is 14.1. The summed E-state index contributed by atoms with van der Waals surface area (Å²) in [5.41, 5.74) is 0. The fourth-order valence-corrected chi connectivity index (χ4v) is 2.93. The van der Waals surface area contributed by atoms with Crippen LogP contribution in [0, 0.1) is 0 Å². The molecular weight excluding hydrogens is 304 g/mol. The summed E-state index contributed by atoms with van der Waals surface area (Å²) < 4.78 is 21.3. The van der Waals surface area contributed by atoms with Gasteiger partial charge in [-0.2, -0.15) is 0 Å². The van der Waals surface area contributed by atoms with Crippen LogP contribution in [0.3, 0.4) is 0 Å². The Morgan fingerprint density at radius 3 is 1.08 bits per heavy atom. The van der Waals surface area contributed by atoms with Crippen LogP contribution < -0.4 is 0 Å². The van der Waals surface area contributed by atoms with E-state index < -0.39 is 0 Å². The van der Waals surface area contributed by atoms with Crippen molar-refractivity contribution >= 4 is 0 Å². The zero-order valence-corrected chi connectivity index (χ0v) is 15.5. The van der Waals surface area contributed by atoms with E-state index in [2.05, 4.69) is 0 Å². The fourth-order valence-electron chi connectivity index (χ4n) is 2.93. The molecule has 0 aromatic carbocycles. The number of epoxide rings is 2. The van der Waals surface area contributed by atoms with E-state index in [-0.39, 0.29) is 0 Å². The predicted molar refractivity (Wildman–Crippen MR) is 96.5 cm³/mol. The molecule has 24 heavy (non-hydrogen) atoms. The fraction of sp³-hybridized carbons (Fsp3) is 1.00. The lowest BCUT2D eigenvalue weighted by Crippen LogP contribution is -2.02. The second-order valence-electron chi connectivity index (χ2n) is 7.30. The Labute approximate surface area is 148 Å². The second-order valence-corrected chi connectivity index (χ2v) is 7.30. The first-order chi connectivity index (χ1) is 11.9. The zero-order chi connectivity index (χ0) is 16.7. The van der Waals surface area contributed by atoms with Crippen molar-refractivity contribution in [2.24, 2.45) is 0 Å². The van der Waals surface area contributed by atoms with Gasteiger partial charge >= 0.3 is 0 Å². The van der Waals surface area contributed by atoms with Gasteiger partial charge in [-0.3, -0.25) is 0 Å². The van der Waals surface area contributed by atoms with Gasteiger partial charge in [0.15, 0.2) is 0 Å². The highest BCUT2D eigenvalue weighted by Gasteiger charge is 2.22. The van der Waals surface area contributed by atoms with Gasteiger partial charge in [0, 0.05) is 13.2 Å². The summed E-state index contributed by atoms with van der Waals surface area (Å²) in [6, 6.07) is 0. The molecule has 0 amide bonds. The largest absolute Gasteiger partial charge is 0.379 e. The van der Waals surface area contributed by atoms with Crippen LogP contribution in [0.2, 0.25) is 0 Å². The van der Waals surface area contributed by atoms with Crippen LogP contribution in [0.15, 0.2) is 0 Å². The van der Waals surface area contributed by atoms with Crippen molar-refractivity contribution in [3.05, 3.63) is 0 Å². The Morgan fingerprint density at radius 2 is 0.792 bits per heavy atom. The average molecular weight is 343 g/mol. The van der Waals surface area contributed by atoms with Gasteiger partial charge in [0.25, 0.3) is 0 Å². The molecule has 0 spiro atoms. The van der Waals surface area contributed by atoms with E-state index in [9.17, 15) is 0 Å². The van der Waals surface area contributed by atoms with E-state index in [0.29, 0.717) is 12.2 Å². The summed E-state index contributed by atoms with van der Waals surface area (Å²) in [6.45, 7) is 5.26. The Kier molecular flexibility index (Phi) is 11.8. The number of ether oxygens (including phenoxy) is 4. The molecule has 2 atom stereocenters. The summed E-state index contributed by atoms with van der Waals surface area (Å²) in [7, 11) is 0. The Morgan fingerprint density at radius 1 is 0.500 bits per heavy atom. The van der Waals surface area contributed by atoms with Crippen molar-refractivity contribution in [2.45, 2.75) is 89.3 Å². The highest BCUT2D eigenvalue weighted by Crippen LogP contribution is 2.13. The lowest BCUT2D eigenvalue weighted by molar-refractivity contribution is 0.113. The first-order valence-electron chi connectivity index (χ1n) is 10.3. The zero-order valence-electron chi connectivity index (χ0n) is 15.5. The molecule has 0 aromatic heterocycles. The molecule has 4 nitrogen and oxygen atoms in total. The number of unbranched alkanes of at least 4 members (excludes halogenated alkanes) is 11. The molecule has 4 heteroatoms. The van der Waals surface area contributed by atoms with Crippen LogP contribution in [-0.4, -0.2) is 51.8 Å². The monoisotopic (exact) mass is 342 g/mol. The van der Waals surface area contributed by atoms with Crippen LogP contribution >= 0.6 is 0 Å². The molecule has 0 radical (unpaired) electrons. The average Bonchev–Trinajstić information content (AvgIpc) is 3.48.